The highest BCUT2D eigenvalue weighted by Gasteiger charge is 2.42. The van der Waals surface area contributed by atoms with Crippen LogP contribution in [0.3, 0.4) is 0 Å². The molecule has 156 valence electrons. The van der Waals surface area contributed by atoms with E-state index in [1.807, 2.05) is 30.3 Å². The first kappa shape index (κ1) is 21.3. The van der Waals surface area contributed by atoms with Crippen molar-refractivity contribution in [2.45, 2.75) is 12.5 Å². The van der Waals surface area contributed by atoms with E-state index in [1.54, 1.807) is 44.6 Å². The van der Waals surface area contributed by atoms with Gasteiger partial charge in [0.1, 0.15) is 5.75 Å². The van der Waals surface area contributed by atoms with Gasteiger partial charge in [-0.3, -0.25) is 9.59 Å². The Kier molecular flexibility index (Phi) is 7.03. The van der Waals surface area contributed by atoms with Crippen LogP contribution in [0.15, 0.2) is 72.0 Å². The van der Waals surface area contributed by atoms with E-state index < -0.39 is 23.5 Å². The van der Waals surface area contributed by atoms with Crippen molar-refractivity contribution in [1.82, 2.24) is 4.90 Å². The SMILES string of the molecule is COCCCN1C(=O)C(O)=C(C(=O)/C=C/c2ccccc2)C1c1ccc(OC)cc1. The lowest BCUT2D eigenvalue weighted by Crippen LogP contribution is -2.32. The smallest absolute Gasteiger partial charge is 0.290 e. The summed E-state index contributed by atoms with van der Waals surface area (Å²) in [4.78, 5) is 27.3. The molecule has 0 radical (unpaired) electrons. The number of carbonyl (C=O) groups is 2. The molecular weight excluding hydrogens is 382 g/mol. The number of aliphatic hydroxyl groups is 1. The lowest BCUT2D eigenvalue weighted by molar-refractivity contribution is -0.129. The number of hydrogen-bond donors (Lipinski definition) is 1. The molecular formula is C24H25NO5. The van der Waals surface area contributed by atoms with Crippen LogP contribution in [0.1, 0.15) is 23.6 Å². The lowest BCUT2D eigenvalue weighted by Gasteiger charge is -2.26. The van der Waals surface area contributed by atoms with Crippen LogP contribution in [0.4, 0.5) is 0 Å². The Hall–Kier alpha value is -3.38. The molecule has 1 aliphatic heterocycles. The molecule has 2 aromatic carbocycles. The lowest BCUT2D eigenvalue weighted by atomic mass is 9.95. The average molecular weight is 407 g/mol. The summed E-state index contributed by atoms with van der Waals surface area (Å²) in [7, 11) is 3.16. The molecule has 1 heterocycles. The van der Waals surface area contributed by atoms with E-state index >= 15 is 0 Å². The van der Waals surface area contributed by atoms with Gasteiger partial charge < -0.3 is 19.5 Å². The van der Waals surface area contributed by atoms with E-state index in [-0.39, 0.29) is 5.57 Å². The number of rotatable bonds is 9. The normalized spacial score (nSPS) is 16.5. The second-order valence-corrected chi connectivity index (χ2v) is 6.89. The highest BCUT2D eigenvalue weighted by Crippen LogP contribution is 2.38. The molecule has 2 aromatic rings. The third-order valence-corrected chi connectivity index (χ3v) is 4.97. The van der Waals surface area contributed by atoms with Crippen molar-refractivity contribution < 1.29 is 24.2 Å². The molecule has 1 unspecified atom stereocenters. The molecule has 0 bridgehead atoms. The number of amides is 1. The van der Waals surface area contributed by atoms with Crippen molar-refractivity contribution in [3.63, 3.8) is 0 Å². The average Bonchev–Trinajstić information content (AvgIpc) is 3.03. The van der Waals surface area contributed by atoms with Gasteiger partial charge in [0.05, 0.1) is 18.7 Å². The zero-order valence-corrected chi connectivity index (χ0v) is 17.1. The fourth-order valence-corrected chi connectivity index (χ4v) is 3.47. The highest BCUT2D eigenvalue weighted by atomic mass is 16.5. The molecule has 30 heavy (non-hydrogen) atoms. The molecule has 3 rings (SSSR count). The van der Waals surface area contributed by atoms with E-state index in [9.17, 15) is 14.7 Å². The van der Waals surface area contributed by atoms with E-state index in [0.29, 0.717) is 25.3 Å². The largest absolute Gasteiger partial charge is 0.503 e. The number of benzene rings is 2. The first-order chi connectivity index (χ1) is 14.6. The summed E-state index contributed by atoms with van der Waals surface area (Å²) in [6, 6.07) is 15.8. The number of aliphatic hydroxyl groups excluding tert-OH is 1. The Morgan fingerprint density at radius 1 is 1.10 bits per heavy atom. The van der Waals surface area contributed by atoms with Gasteiger partial charge in [0.25, 0.3) is 5.91 Å². The third-order valence-electron chi connectivity index (χ3n) is 4.97. The standard InChI is InChI=1S/C24H25NO5/c1-29-16-6-15-25-22(18-10-12-19(30-2)13-11-18)21(23(27)24(25)28)20(26)14-9-17-7-4-3-5-8-17/h3-5,7-14,22,27H,6,15-16H2,1-2H3/b14-9+. The summed E-state index contributed by atoms with van der Waals surface area (Å²) in [5.74, 6) is -0.793. The number of nitrogens with zero attached hydrogens (tertiary/aromatic N) is 1. The van der Waals surface area contributed by atoms with Crippen molar-refractivity contribution in [2.24, 2.45) is 0 Å². The second kappa shape index (κ2) is 9.89. The quantitative estimate of drug-likeness (QED) is 0.507. The Labute approximate surface area is 176 Å². The van der Waals surface area contributed by atoms with Gasteiger partial charge in [-0.2, -0.15) is 0 Å². The van der Waals surface area contributed by atoms with Crippen LogP contribution < -0.4 is 4.74 Å². The molecule has 1 atom stereocenters. The number of allylic oxidation sites excluding steroid dienone is 1. The first-order valence-corrected chi connectivity index (χ1v) is 9.71. The van der Waals surface area contributed by atoms with Crippen molar-refractivity contribution in [2.75, 3.05) is 27.4 Å². The highest BCUT2D eigenvalue weighted by molar-refractivity contribution is 6.14. The summed E-state index contributed by atoms with van der Waals surface area (Å²) >= 11 is 0. The van der Waals surface area contributed by atoms with Crippen LogP contribution in [-0.4, -0.2) is 49.1 Å². The minimum absolute atomic E-state index is 0.0785. The maximum atomic E-state index is 13.0. The van der Waals surface area contributed by atoms with Crippen molar-refractivity contribution in [3.8, 4) is 5.75 Å². The van der Waals surface area contributed by atoms with Gasteiger partial charge in [0, 0.05) is 20.3 Å². The maximum Gasteiger partial charge on any atom is 0.290 e. The summed E-state index contributed by atoms with van der Waals surface area (Å²) in [6.45, 7) is 0.823. The molecule has 1 N–H and O–H groups in total. The van der Waals surface area contributed by atoms with Crippen LogP contribution in [0.2, 0.25) is 0 Å². The van der Waals surface area contributed by atoms with Crippen molar-refractivity contribution in [3.05, 3.63) is 83.1 Å². The van der Waals surface area contributed by atoms with Crippen molar-refractivity contribution in [1.29, 1.82) is 0 Å². The Morgan fingerprint density at radius 2 is 1.80 bits per heavy atom. The van der Waals surface area contributed by atoms with E-state index in [0.717, 1.165) is 11.1 Å². The molecule has 6 nitrogen and oxygen atoms in total. The molecule has 0 spiro atoms. The Bertz CT molecular complexity index is 947. The first-order valence-electron chi connectivity index (χ1n) is 9.71. The molecule has 0 aromatic heterocycles. The molecule has 1 aliphatic rings. The molecule has 0 fully saturated rings. The van der Waals surface area contributed by atoms with E-state index in [4.69, 9.17) is 9.47 Å². The molecule has 0 aliphatic carbocycles. The second-order valence-electron chi connectivity index (χ2n) is 6.89. The van der Waals surface area contributed by atoms with Crippen LogP contribution in [0.5, 0.6) is 5.75 Å². The summed E-state index contributed by atoms with van der Waals surface area (Å²) in [5.41, 5.74) is 1.66. The Morgan fingerprint density at radius 3 is 2.43 bits per heavy atom. The zero-order valence-electron chi connectivity index (χ0n) is 17.1. The Balaban J connectivity index is 1.95. The van der Waals surface area contributed by atoms with Gasteiger partial charge >= 0.3 is 0 Å². The summed E-state index contributed by atoms with van der Waals surface area (Å²) in [6.07, 6.45) is 3.65. The summed E-state index contributed by atoms with van der Waals surface area (Å²) < 4.78 is 10.3. The number of carbonyl (C=O) groups excluding carboxylic acids is 2. The van der Waals surface area contributed by atoms with Gasteiger partial charge in [-0.25, -0.2) is 0 Å². The van der Waals surface area contributed by atoms with Gasteiger partial charge in [0.2, 0.25) is 0 Å². The maximum absolute atomic E-state index is 13.0. The van der Waals surface area contributed by atoms with Gasteiger partial charge in [-0.05, 0) is 35.8 Å². The predicted molar refractivity (Wildman–Crippen MR) is 114 cm³/mol. The molecule has 0 saturated heterocycles. The number of ether oxygens (including phenoxy) is 2. The third kappa shape index (κ3) is 4.60. The minimum Gasteiger partial charge on any atom is -0.503 e. The van der Waals surface area contributed by atoms with Crippen LogP contribution in [0.25, 0.3) is 6.08 Å². The summed E-state index contributed by atoms with van der Waals surface area (Å²) in [5, 5.41) is 10.6. The van der Waals surface area contributed by atoms with Crippen LogP contribution >= 0.6 is 0 Å². The van der Waals surface area contributed by atoms with E-state index in [2.05, 4.69) is 0 Å². The molecule has 1 amide bonds. The fourth-order valence-electron chi connectivity index (χ4n) is 3.47. The fraction of sp³-hybridized carbons (Fsp3) is 0.250. The van der Waals surface area contributed by atoms with Gasteiger partial charge in [-0.1, -0.05) is 48.5 Å². The van der Waals surface area contributed by atoms with Gasteiger partial charge in [0.15, 0.2) is 11.5 Å². The predicted octanol–water partition coefficient (Wildman–Crippen LogP) is 3.71. The van der Waals surface area contributed by atoms with E-state index in [1.165, 1.54) is 11.0 Å². The molecule has 0 saturated carbocycles. The number of hydrogen-bond acceptors (Lipinski definition) is 5. The monoisotopic (exact) mass is 407 g/mol. The zero-order chi connectivity index (χ0) is 21.5. The molecule has 6 heteroatoms. The van der Waals surface area contributed by atoms with Crippen molar-refractivity contribution >= 4 is 17.8 Å². The topological polar surface area (TPSA) is 76.1 Å². The van der Waals surface area contributed by atoms with Gasteiger partial charge in [-0.15, -0.1) is 0 Å². The number of ketones is 1. The minimum atomic E-state index is -0.673. The van der Waals surface area contributed by atoms with Crippen LogP contribution in [-0.2, 0) is 14.3 Å². The number of methoxy groups -OCH3 is 2. The van der Waals surface area contributed by atoms with Crippen LogP contribution in [0, 0.1) is 0 Å².